The maximum Gasteiger partial charge on any atom is 0.253 e. The van der Waals surface area contributed by atoms with E-state index in [4.69, 9.17) is 0 Å². The molecule has 7 heteroatoms. The van der Waals surface area contributed by atoms with Crippen LogP contribution in [0.3, 0.4) is 0 Å². The molecule has 7 nitrogen and oxygen atoms in total. The number of nitrogens with one attached hydrogen (secondary N) is 1. The van der Waals surface area contributed by atoms with Gasteiger partial charge in [0.25, 0.3) is 5.78 Å². The quantitative estimate of drug-likeness (QED) is 0.594. The molecule has 0 aliphatic rings. The van der Waals surface area contributed by atoms with Gasteiger partial charge in [-0.25, -0.2) is 9.50 Å². The molecule has 0 aliphatic heterocycles. The lowest BCUT2D eigenvalue weighted by molar-refractivity contribution is -0.115. The number of nitrogens with zero attached hydrogens (tertiary/aromatic N) is 5. The number of hydrogen-bond acceptors (Lipinski definition) is 5. The summed E-state index contributed by atoms with van der Waals surface area (Å²) in [6, 6.07) is 11.5. The van der Waals surface area contributed by atoms with Gasteiger partial charge < -0.3 is 5.32 Å². The van der Waals surface area contributed by atoms with Crippen LogP contribution in [0.15, 0.2) is 48.8 Å². The molecule has 0 saturated carbocycles. The van der Waals surface area contributed by atoms with Gasteiger partial charge in [0, 0.05) is 40.6 Å². The highest BCUT2D eigenvalue weighted by atomic mass is 16.1. The van der Waals surface area contributed by atoms with E-state index in [1.807, 2.05) is 57.2 Å². The summed E-state index contributed by atoms with van der Waals surface area (Å²) >= 11 is 0. The van der Waals surface area contributed by atoms with Crippen molar-refractivity contribution in [3.63, 3.8) is 0 Å². The van der Waals surface area contributed by atoms with Crippen LogP contribution >= 0.6 is 0 Å². The van der Waals surface area contributed by atoms with Crippen LogP contribution < -0.4 is 5.32 Å². The molecule has 0 aliphatic carbocycles. The van der Waals surface area contributed by atoms with E-state index in [1.54, 1.807) is 16.9 Å². The fourth-order valence-electron chi connectivity index (χ4n) is 3.17. The molecular weight excluding hydrogens is 352 g/mol. The molecule has 0 fully saturated rings. The predicted molar refractivity (Wildman–Crippen MR) is 107 cm³/mol. The first kappa shape index (κ1) is 17.8. The Morgan fingerprint density at radius 1 is 1.11 bits per heavy atom. The van der Waals surface area contributed by atoms with Gasteiger partial charge in [-0.2, -0.15) is 4.98 Å². The molecule has 140 valence electrons. The summed E-state index contributed by atoms with van der Waals surface area (Å²) < 4.78 is 1.69. The van der Waals surface area contributed by atoms with Gasteiger partial charge >= 0.3 is 0 Å². The van der Waals surface area contributed by atoms with Gasteiger partial charge in [-0.15, -0.1) is 5.10 Å². The van der Waals surface area contributed by atoms with Crippen molar-refractivity contribution in [1.29, 1.82) is 0 Å². The molecule has 0 saturated heterocycles. The molecule has 0 radical (unpaired) electrons. The lowest BCUT2D eigenvalue weighted by atomic mass is 10.1. The van der Waals surface area contributed by atoms with E-state index in [0.717, 1.165) is 33.8 Å². The zero-order valence-corrected chi connectivity index (χ0v) is 16.0. The Hall–Kier alpha value is -3.61. The fourth-order valence-corrected chi connectivity index (χ4v) is 3.17. The number of aryl methyl sites for hydroxylation is 3. The fraction of sp³-hybridized carbons (Fsp3) is 0.190. The number of hydrogen-bond donors (Lipinski definition) is 1. The number of anilines is 1. The third kappa shape index (κ3) is 3.46. The molecule has 4 aromatic rings. The maximum absolute atomic E-state index is 12.6. The van der Waals surface area contributed by atoms with Crippen LogP contribution in [0.25, 0.3) is 17.2 Å². The Balaban J connectivity index is 1.64. The summed E-state index contributed by atoms with van der Waals surface area (Å²) in [6.45, 7) is 5.81. The average molecular weight is 372 g/mol. The summed E-state index contributed by atoms with van der Waals surface area (Å²) in [5, 5.41) is 7.50. The van der Waals surface area contributed by atoms with E-state index >= 15 is 0 Å². The highest BCUT2D eigenvalue weighted by molar-refractivity contribution is 5.92. The molecule has 1 aromatic carbocycles. The number of rotatable bonds is 4. The number of pyridine rings is 1. The summed E-state index contributed by atoms with van der Waals surface area (Å²) in [5.74, 6) is 0.978. The maximum atomic E-state index is 12.6. The van der Waals surface area contributed by atoms with E-state index in [9.17, 15) is 4.79 Å². The second-order valence-electron chi connectivity index (χ2n) is 6.74. The topological polar surface area (TPSA) is 85.1 Å². The van der Waals surface area contributed by atoms with E-state index in [0.29, 0.717) is 11.6 Å². The molecule has 1 N–H and O–H groups in total. The smallest absolute Gasteiger partial charge is 0.253 e. The Kier molecular flexibility index (Phi) is 4.57. The largest absolute Gasteiger partial charge is 0.326 e. The minimum absolute atomic E-state index is 0.0921. The molecule has 0 atom stereocenters. The highest BCUT2D eigenvalue weighted by Crippen LogP contribution is 2.19. The van der Waals surface area contributed by atoms with Crippen molar-refractivity contribution in [3.05, 3.63) is 71.3 Å². The standard InChI is InChI=1S/C21H20N6O/c1-13-6-4-8-17(10-13)24-19(28)11-18-14(2)23-21-25-20(26-27(21)15(18)3)16-7-5-9-22-12-16/h4-10,12H,11H2,1-3H3,(H,24,28). The Morgan fingerprint density at radius 3 is 2.71 bits per heavy atom. The predicted octanol–water partition coefficient (Wildman–Crippen LogP) is 3.29. The third-order valence-corrected chi connectivity index (χ3v) is 4.61. The van der Waals surface area contributed by atoms with Gasteiger partial charge in [0.1, 0.15) is 0 Å². The highest BCUT2D eigenvalue weighted by Gasteiger charge is 2.17. The Morgan fingerprint density at radius 2 is 1.96 bits per heavy atom. The minimum atomic E-state index is -0.0921. The SMILES string of the molecule is Cc1cccc(NC(=O)Cc2c(C)nc3nc(-c4cccnc4)nn3c2C)c1. The summed E-state index contributed by atoms with van der Waals surface area (Å²) in [5.41, 5.74) is 5.18. The number of fused-ring (bicyclic) bond motifs is 1. The Labute approximate surface area is 162 Å². The summed E-state index contributed by atoms with van der Waals surface area (Å²) in [6.07, 6.45) is 3.64. The van der Waals surface area contributed by atoms with Crippen molar-refractivity contribution >= 4 is 17.4 Å². The zero-order valence-electron chi connectivity index (χ0n) is 16.0. The van der Waals surface area contributed by atoms with Crippen LogP contribution in [-0.2, 0) is 11.2 Å². The van der Waals surface area contributed by atoms with Crippen LogP contribution in [0.5, 0.6) is 0 Å². The van der Waals surface area contributed by atoms with E-state index in [1.165, 1.54) is 0 Å². The van der Waals surface area contributed by atoms with Gasteiger partial charge in [0.05, 0.1) is 6.42 Å². The van der Waals surface area contributed by atoms with Crippen molar-refractivity contribution in [3.8, 4) is 11.4 Å². The second-order valence-corrected chi connectivity index (χ2v) is 6.74. The van der Waals surface area contributed by atoms with Gasteiger partial charge in [0.2, 0.25) is 5.91 Å². The van der Waals surface area contributed by atoms with Gasteiger partial charge in [0.15, 0.2) is 5.82 Å². The number of carbonyl (C=O) groups excluding carboxylic acids is 1. The first-order valence-corrected chi connectivity index (χ1v) is 9.01. The van der Waals surface area contributed by atoms with Gasteiger partial charge in [-0.1, -0.05) is 12.1 Å². The van der Waals surface area contributed by atoms with Crippen molar-refractivity contribution in [2.24, 2.45) is 0 Å². The van der Waals surface area contributed by atoms with Gasteiger partial charge in [-0.05, 0) is 50.6 Å². The average Bonchev–Trinajstić information content (AvgIpc) is 3.10. The van der Waals surface area contributed by atoms with Crippen LogP contribution in [0.2, 0.25) is 0 Å². The molecular formula is C21H20N6O. The third-order valence-electron chi connectivity index (χ3n) is 4.61. The number of carbonyl (C=O) groups is 1. The minimum Gasteiger partial charge on any atom is -0.326 e. The van der Waals surface area contributed by atoms with Crippen LogP contribution in [0, 0.1) is 20.8 Å². The lowest BCUT2D eigenvalue weighted by Gasteiger charge is -2.11. The number of aromatic nitrogens is 5. The zero-order chi connectivity index (χ0) is 19.7. The Bertz CT molecular complexity index is 1170. The first-order chi connectivity index (χ1) is 13.5. The van der Waals surface area contributed by atoms with Crippen molar-refractivity contribution < 1.29 is 4.79 Å². The van der Waals surface area contributed by atoms with Crippen LogP contribution in [-0.4, -0.2) is 30.5 Å². The van der Waals surface area contributed by atoms with Crippen molar-refractivity contribution in [2.75, 3.05) is 5.32 Å². The molecule has 0 spiro atoms. The molecule has 28 heavy (non-hydrogen) atoms. The van der Waals surface area contributed by atoms with E-state index in [-0.39, 0.29) is 12.3 Å². The second kappa shape index (κ2) is 7.19. The lowest BCUT2D eigenvalue weighted by Crippen LogP contribution is -2.17. The number of benzene rings is 1. The molecule has 0 bridgehead atoms. The molecule has 1 amide bonds. The molecule has 3 heterocycles. The summed E-state index contributed by atoms with van der Waals surface area (Å²) in [4.78, 5) is 25.7. The van der Waals surface area contributed by atoms with Crippen LogP contribution in [0.1, 0.15) is 22.5 Å². The van der Waals surface area contributed by atoms with Crippen molar-refractivity contribution in [1.82, 2.24) is 24.6 Å². The molecule has 3 aromatic heterocycles. The van der Waals surface area contributed by atoms with Crippen molar-refractivity contribution in [2.45, 2.75) is 27.2 Å². The number of amides is 1. The van der Waals surface area contributed by atoms with E-state index < -0.39 is 0 Å². The summed E-state index contributed by atoms with van der Waals surface area (Å²) in [7, 11) is 0. The van der Waals surface area contributed by atoms with Gasteiger partial charge in [-0.3, -0.25) is 9.78 Å². The molecule has 0 unspecified atom stereocenters. The normalized spacial score (nSPS) is 11.0. The first-order valence-electron chi connectivity index (χ1n) is 9.01. The van der Waals surface area contributed by atoms with Crippen LogP contribution in [0.4, 0.5) is 5.69 Å². The molecule has 4 rings (SSSR count). The van der Waals surface area contributed by atoms with E-state index in [2.05, 4.69) is 25.4 Å². The monoisotopic (exact) mass is 372 g/mol.